The Morgan fingerprint density at radius 1 is 1.26 bits per heavy atom. The van der Waals surface area contributed by atoms with Gasteiger partial charge in [0.15, 0.2) is 0 Å². The van der Waals surface area contributed by atoms with Crippen LogP contribution in [0.4, 0.5) is 8.78 Å². The quantitative estimate of drug-likeness (QED) is 0.539. The molecule has 0 aromatic carbocycles. The van der Waals surface area contributed by atoms with E-state index in [2.05, 4.69) is 25.3 Å². The van der Waals surface area contributed by atoms with Crippen LogP contribution in [0.15, 0.2) is 35.0 Å². The van der Waals surface area contributed by atoms with E-state index in [4.69, 9.17) is 4.42 Å². The molecule has 4 aromatic heterocycles. The maximum absolute atomic E-state index is 13.5. The third kappa shape index (κ3) is 2.91. The second-order valence-electron chi connectivity index (χ2n) is 7.79. The lowest BCUT2D eigenvalue weighted by Gasteiger charge is -2.32. The Balaban J connectivity index is 1.44. The number of amides is 1. The van der Waals surface area contributed by atoms with E-state index in [-0.39, 0.29) is 17.5 Å². The van der Waals surface area contributed by atoms with Crippen molar-refractivity contribution in [3.05, 3.63) is 65.1 Å². The highest BCUT2D eigenvalue weighted by Crippen LogP contribution is 2.40. The summed E-state index contributed by atoms with van der Waals surface area (Å²) in [5.41, 5.74) is 2.24. The largest absolute Gasteiger partial charge is 0.417 e. The molecule has 1 saturated carbocycles. The van der Waals surface area contributed by atoms with E-state index < -0.39 is 18.4 Å². The first-order valence-corrected chi connectivity index (χ1v) is 10.0. The van der Waals surface area contributed by atoms with E-state index in [0.717, 1.165) is 18.5 Å². The number of halogens is 2. The Bertz CT molecular complexity index is 1290. The lowest BCUT2D eigenvalue weighted by Crippen LogP contribution is -2.41. The van der Waals surface area contributed by atoms with Gasteiger partial charge in [0.25, 0.3) is 6.43 Å². The fourth-order valence-corrected chi connectivity index (χ4v) is 4.09. The van der Waals surface area contributed by atoms with Gasteiger partial charge in [-0.15, -0.1) is 10.2 Å². The highest BCUT2D eigenvalue weighted by Gasteiger charge is 2.39. The average Bonchev–Trinajstić information content (AvgIpc) is 3.19. The Kier molecular flexibility index (Phi) is 3.92. The van der Waals surface area contributed by atoms with Crippen molar-refractivity contribution in [3.8, 4) is 0 Å². The molecule has 31 heavy (non-hydrogen) atoms. The summed E-state index contributed by atoms with van der Waals surface area (Å²) in [6, 6.07) is 5.62. The number of alkyl halides is 2. The van der Waals surface area contributed by atoms with Crippen molar-refractivity contribution in [2.24, 2.45) is 0 Å². The highest BCUT2D eigenvalue weighted by molar-refractivity contribution is 5.90. The van der Waals surface area contributed by atoms with Crippen molar-refractivity contribution in [1.29, 1.82) is 0 Å². The molecule has 5 heterocycles. The second kappa shape index (κ2) is 6.69. The molecular weight excluding hydrogens is 408 g/mol. The van der Waals surface area contributed by atoms with Gasteiger partial charge < -0.3 is 14.3 Å². The van der Waals surface area contributed by atoms with E-state index in [1.165, 1.54) is 10.6 Å². The second-order valence-corrected chi connectivity index (χ2v) is 7.79. The molecule has 9 nitrogen and oxygen atoms in total. The number of rotatable bonds is 4. The number of hydrogen-bond donors (Lipinski definition) is 1. The summed E-state index contributed by atoms with van der Waals surface area (Å²) < 4.78 is 33.8. The Morgan fingerprint density at radius 2 is 2.13 bits per heavy atom. The number of nitrogens with zero attached hydrogens (tertiary/aromatic N) is 6. The summed E-state index contributed by atoms with van der Waals surface area (Å²) >= 11 is 0. The van der Waals surface area contributed by atoms with Crippen LogP contribution in [-0.4, -0.2) is 47.1 Å². The van der Waals surface area contributed by atoms with Gasteiger partial charge in [0.1, 0.15) is 11.7 Å². The van der Waals surface area contributed by atoms with E-state index in [1.807, 2.05) is 0 Å². The van der Waals surface area contributed by atoms with Crippen LogP contribution in [-0.2, 0) is 6.42 Å². The summed E-state index contributed by atoms with van der Waals surface area (Å²) in [6.07, 6.45) is 1.40. The Morgan fingerprint density at radius 3 is 2.94 bits per heavy atom. The number of hydrogen-bond acceptors (Lipinski definition) is 6. The molecule has 6 rings (SSSR count). The number of H-pyrrole nitrogens is 1. The van der Waals surface area contributed by atoms with Crippen LogP contribution in [0.3, 0.4) is 0 Å². The Hall–Kier alpha value is -3.63. The monoisotopic (exact) mass is 425 g/mol. The fourth-order valence-electron chi connectivity index (χ4n) is 4.09. The fraction of sp³-hybridized carbons (Fsp3) is 0.350. The average molecular weight is 425 g/mol. The summed E-state index contributed by atoms with van der Waals surface area (Å²) in [4.78, 5) is 22.4. The molecule has 11 heteroatoms. The number of carbonyl (C=O) groups excluding carboxylic acids is 1. The minimum absolute atomic E-state index is 0.0806. The van der Waals surface area contributed by atoms with Gasteiger partial charge in [-0.2, -0.15) is 5.10 Å². The van der Waals surface area contributed by atoms with E-state index >= 15 is 0 Å². The topological polar surface area (TPSA) is 105 Å². The summed E-state index contributed by atoms with van der Waals surface area (Å²) in [6.45, 7) is 0.370. The molecule has 1 N–H and O–H groups in total. The van der Waals surface area contributed by atoms with Gasteiger partial charge in [0.2, 0.25) is 5.89 Å². The van der Waals surface area contributed by atoms with Crippen molar-refractivity contribution in [3.63, 3.8) is 0 Å². The molecule has 2 aliphatic rings. The van der Waals surface area contributed by atoms with Gasteiger partial charge in [0.05, 0.1) is 23.2 Å². The van der Waals surface area contributed by atoms with E-state index in [0.29, 0.717) is 35.8 Å². The van der Waals surface area contributed by atoms with Crippen LogP contribution in [0.5, 0.6) is 0 Å². The lowest BCUT2D eigenvalue weighted by molar-refractivity contribution is 0.0643. The van der Waals surface area contributed by atoms with Crippen molar-refractivity contribution in [1.82, 2.24) is 34.7 Å². The number of pyridine rings is 1. The molecule has 0 radical (unpaired) electrons. The predicted molar refractivity (Wildman–Crippen MR) is 102 cm³/mol. The first kappa shape index (κ1) is 18.2. The smallest absolute Gasteiger partial charge is 0.312 e. The van der Waals surface area contributed by atoms with Gasteiger partial charge in [-0.1, -0.05) is 6.07 Å². The first-order valence-electron chi connectivity index (χ1n) is 10.0. The third-order valence-electron chi connectivity index (χ3n) is 5.77. The zero-order chi connectivity index (χ0) is 21.1. The molecule has 1 fully saturated rings. The van der Waals surface area contributed by atoms with Gasteiger partial charge >= 0.3 is 11.8 Å². The minimum Gasteiger partial charge on any atom is -0.417 e. The lowest BCUT2D eigenvalue weighted by atomic mass is 9.99. The number of nitrogens with one attached hydrogen (secondary N) is 1. The normalized spacial score (nSPS) is 18.7. The van der Waals surface area contributed by atoms with Crippen LogP contribution in [0.1, 0.15) is 70.6 Å². The van der Waals surface area contributed by atoms with Crippen molar-refractivity contribution in [2.45, 2.75) is 37.6 Å². The van der Waals surface area contributed by atoms with Gasteiger partial charge in [0, 0.05) is 24.6 Å². The van der Waals surface area contributed by atoms with Crippen molar-refractivity contribution in [2.75, 3.05) is 6.54 Å². The maximum Gasteiger partial charge on any atom is 0.312 e. The maximum atomic E-state index is 13.5. The van der Waals surface area contributed by atoms with Crippen molar-refractivity contribution < 1.29 is 18.0 Å². The molecule has 0 spiro atoms. The molecule has 0 unspecified atom stereocenters. The van der Waals surface area contributed by atoms with Gasteiger partial charge in [-0.05, 0) is 31.0 Å². The van der Waals surface area contributed by atoms with Crippen LogP contribution >= 0.6 is 0 Å². The molecule has 1 amide bonds. The van der Waals surface area contributed by atoms with Crippen LogP contribution < -0.4 is 0 Å². The Labute approximate surface area is 174 Å². The molecule has 4 aromatic rings. The number of fused-ring (bicyclic) bond motifs is 2. The van der Waals surface area contributed by atoms with Crippen LogP contribution in [0.25, 0.3) is 5.52 Å². The first-order chi connectivity index (χ1) is 15.1. The number of carbonyl (C=O) groups is 1. The number of aromatic amines is 1. The summed E-state index contributed by atoms with van der Waals surface area (Å²) in [7, 11) is 0. The standard InChI is InChI=1S/C20H17F2N7O2/c21-17(22)14-3-1-2-11-8-13(27-29(11)14)16-15-12(23-9-24-15)6-7-28(16)20(30)19-26-25-18(31-19)10-4-5-10/h1-3,8-10,16-17H,4-7H2,(H,23,24)/t16-/m1/s1. The molecule has 0 saturated heterocycles. The predicted octanol–water partition coefficient (Wildman–Crippen LogP) is 3.04. The van der Waals surface area contributed by atoms with Crippen molar-refractivity contribution >= 4 is 11.4 Å². The van der Waals surface area contributed by atoms with Crippen LogP contribution in [0.2, 0.25) is 0 Å². The van der Waals surface area contributed by atoms with Gasteiger partial charge in [-0.25, -0.2) is 18.3 Å². The molecule has 1 aliphatic heterocycles. The minimum atomic E-state index is -2.68. The zero-order valence-corrected chi connectivity index (χ0v) is 16.2. The molecular formula is C20H17F2N7O2. The molecule has 1 aliphatic carbocycles. The summed E-state index contributed by atoms with van der Waals surface area (Å²) in [5, 5.41) is 12.4. The van der Waals surface area contributed by atoms with Crippen LogP contribution in [0, 0.1) is 0 Å². The number of imidazole rings is 1. The third-order valence-corrected chi connectivity index (χ3v) is 5.77. The molecule has 0 bridgehead atoms. The molecule has 1 atom stereocenters. The van der Waals surface area contributed by atoms with Gasteiger partial charge in [-0.3, -0.25) is 4.79 Å². The SMILES string of the molecule is O=C(c1nnc(C2CC2)o1)N1CCc2[nH]cnc2[C@H]1c1cc2cccc(C(F)F)n2n1. The summed E-state index contributed by atoms with van der Waals surface area (Å²) in [5.74, 6) is 0.203. The molecule has 158 valence electrons. The zero-order valence-electron chi connectivity index (χ0n) is 16.2. The number of aromatic nitrogens is 6. The van der Waals surface area contributed by atoms with E-state index in [1.54, 1.807) is 29.4 Å². The highest BCUT2D eigenvalue weighted by atomic mass is 19.3. The van der Waals surface area contributed by atoms with E-state index in [9.17, 15) is 13.6 Å².